The Bertz CT molecular complexity index is 1370. The zero-order valence-corrected chi connectivity index (χ0v) is 21.8. The Labute approximate surface area is 229 Å². The van der Waals surface area contributed by atoms with Crippen LogP contribution < -0.4 is 0 Å². The van der Waals surface area contributed by atoms with Gasteiger partial charge in [0.1, 0.15) is 0 Å². The Kier molecular flexibility index (Phi) is 9.79. The van der Waals surface area contributed by atoms with E-state index in [1.54, 1.807) is 0 Å². The average molecular weight is 583 g/mol. The van der Waals surface area contributed by atoms with Crippen LogP contribution in [0.2, 0.25) is 0 Å². The molecule has 0 amide bonds. The van der Waals surface area contributed by atoms with Gasteiger partial charge in [0.25, 0.3) is 0 Å². The largest absolute Gasteiger partial charge is 0.466 e. The van der Waals surface area contributed by atoms with Gasteiger partial charge >= 0.3 is 11.9 Å². The van der Waals surface area contributed by atoms with Crippen LogP contribution in [0, 0.1) is 0 Å². The first-order valence-corrected chi connectivity index (χ1v) is 11.2. The van der Waals surface area contributed by atoms with Gasteiger partial charge in [0.15, 0.2) is 0 Å². The van der Waals surface area contributed by atoms with Gasteiger partial charge in [-0.05, 0) is 29.7 Å². The molecule has 7 heteroatoms. The number of aliphatic imine (C=N–C) groups is 2. The monoisotopic (exact) mass is 582 g/mol. The third kappa shape index (κ3) is 6.74. The summed E-state index contributed by atoms with van der Waals surface area (Å²) in [5.41, 5.74) is 6.05. The summed E-state index contributed by atoms with van der Waals surface area (Å²) in [6.45, 7) is 0. The maximum Gasteiger partial charge on any atom is 0.330 e. The molecule has 4 aromatic carbocycles. The number of nitrogens with zero attached hydrogens (tertiary/aromatic N) is 2. The summed E-state index contributed by atoms with van der Waals surface area (Å²) in [5, 5.41) is 2.46. The fourth-order valence-corrected chi connectivity index (χ4v) is 3.75. The number of methoxy groups -OCH3 is 2. The molecule has 0 saturated carbocycles. The number of hydrogen-bond donors (Lipinski definition) is 0. The fraction of sp³-hybridized carbons (Fsp3) is 0.0667. The van der Waals surface area contributed by atoms with Crippen LogP contribution in [0.15, 0.2) is 119 Å². The average Bonchev–Trinajstić information content (AvgIpc) is 3.22. The van der Waals surface area contributed by atoms with Crippen LogP contribution in [-0.4, -0.2) is 37.6 Å². The van der Waals surface area contributed by atoms with E-state index in [9.17, 15) is 9.59 Å². The van der Waals surface area contributed by atoms with E-state index in [0.29, 0.717) is 0 Å². The summed E-state index contributed by atoms with van der Waals surface area (Å²) in [7, 11) is 2.45. The smallest absolute Gasteiger partial charge is 0.330 e. The normalized spacial score (nSPS) is 13.7. The molecule has 0 unspecified atom stereocenters. The molecule has 6 nitrogen and oxygen atoms in total. The van der Waals surface area contributed by atoms with Crippen molar-refractivity contribution in [3.05, 3.63) is 120 Å². The van der Waals surface area contributed by atoms with Crippen molar-refractivity contribution in [1.29, 1.82) is 0 Å². The first-order valence-electron chi connectivity index (χ1n) is 11.2. The van der Waals surface area contributed by atoms with E-state index in [1.165, 1.54) is 25.0 Å². The Hall–Kier alpha value is -4.18. The molecule has 0 radical (unpaired) electrons. The van der Waals surface area contributed by atoms with Crippen LogP contribution in [0.1, 0.15) is 11.1 Å². The van der Waals surface area contributed by atoms with E-state index in [2.05, 4.69) is 45.9 Å². The van der Waals surface area contributed by atoms with Gasteiger partial charge in [0.2, 0.25) is 0 Å². The molecule has 4 aromatic rings. The molecule has 0 aliphatic heterocycles. The number of para-hydroxylation sites is 2. The molecule has 5 rings (SSSR count). The molecule has 0 aromatic heterocycles. The minimum atomic E-state index is -0.578. The summed E-state index contributed by atoms with van der Waals surface area (Å²) >= 11 is 0. The van der Waals surface area contributed by atoms with Crippen LogP contribution in [-0.2, 0) is 39.5 Å². The van der Waals surface area contributed by atoms with Gasteiger partial charge in [-0.25, -0.2) is 19.6 Å². The third-order valence-electron chi connectivity index (χ3n) is 5.39. The minimum absolute atomic E-state index is 0. The van der Waals surface area contributed by atoms with Crippen LogP contribution in [0.4, 0.5) is 11.4 Å². The molecule has 1 aliphatic rings. The Morgan fingerprint density at radius 2 is 1.00 bits per heavy atom. The molecule has 0 bridgehead atoms. The Morgan fingerprint density at radius 3 is 1.38 bits per heavy atom. The molecule has 0 heterocycles. The maximum absolute atomic E-state index is 10.3. The minimum Gasteiger partial charge on any atom is -0.466 e. The van der Waals surface area contributed by atoms with Crippen molar-refractivity contribution in [3.8, 4) is 0 Å². The molecule has 0 fully saturated rings. The van der Waals surface area contributed by atoms with Gasteiger partial charge in [0.05, 0.1) is 37.0 Å². The van der Waals surface area contributed by atoms with Crippen molar-refractivity contribution in [2.45, 2.75) is 0 Å². The molecule has 37 heavy (non-hydrogen) atoms. The summed E-state index contributed by atoms with van der Waals surface area (Å²) in [6, 6.07) is 32.9. The van der Waals surface area contributed by atoms with Crippen LogP contribution in [0.5, 0.6) is 0 Å². The quantitative estimate of drug-likeness (QED) is 0.168. The molecule has 1 aliphatic carbocycles. The molecule has 0 spiro atoms. The van der Waals surface area contributed by atoms with Gasteiger partial charge in [0, 0.05) is 49.1 Å². The summed E-state index contributed by atoms with van der Waals surface area (Å²) in [4.78, 5) is 30.6. The molecular weight excluding hydrogens is 559 g/mol. The van der Waals surface area contributed by atoms with Crippen LogP contribution >= 0.6 is 0 Å². The van der Waals surface area contributed by atoms with Crippen molar-refractivity contribution < 1.29 is 39.5 Å². The number of carbonyl (C=O) groups excluding carboxylic acids is 2. The topological polar surface area (TPSA) is 77.3 Å². The zero-order valence-electron chi connectivity index (χ0n) is 20.2. The van der Waals surface area contributed by atoms with Gasteiger partial charge in [-0.3, -0.25) is 0 Å². The van der Waals surface area contributed by atoms with Gasteiger partial charge < -0.3 is 9.47 Å². The number of esters is 2. The molecular formula is C30H24N2O4Pd. The van der Waals surface area contributed by atoms with E-state index < -0.39 is 11.9 Å². The number of ether oxygens (including phenoxy) is 2. The van der Waals surface area contributed by atoms with Crippen molar-refractivity contribution in [1.82, 2.24) is 0 Å². The Morgan fingerprint density at radius 1 is 0.595 bits per heavy atom. The van der Waals surface area contributed by atoms with Gasteiger partial charge in [-0.1, -0.05) is 72.8 Å². The standard InChI is InChI=1S/C24H16N2.C6H8O4.Pd/c1-3-11-18(12-4-1)25-23-20-15-7-9-17-10-8-16-21(22(17)20)24(23)26-19-13-5-2-6-14-19;1-9-5(7)3-4-6(8)10-2;/h1-16H;3-4H,1-2H3;. The van der Waals surface area contributed by atoms with Crippen LogP contribution in [0.25, 0.3) is 10.8 Å². The second kappa shape index (κ2) is 13.2. The van der Waals surface area contributed by atoms with Crippen LogP contribution in [0.3, 0.4) is 0 Å². The number of benzene rings is 4. The predicted molar refractivity (Wildman–Crippen MR) is 142 cm³/mol. The number of rotatable bonds is 4. The van der Waals surface area contributed by atoms with Gasteiger partial charge in [-0.2, -0.15) is 0 Å². The number of carbonyl (C=O) groups is 2. The predicted octanol–water partition coefficient (Wildman–Crippen LogP) is 5.98. The molecule has 0 saturated heterocycles. The first-order chi connectivity index (χ1) is 17.6. The molecule has 188 valence electrons. The summed E-state index contributed by atoms with van der Waals surface area (Å²) in [5.74, 6) is -1.16. The summed E-state index contributed by atoms with van der Waals surface area (Å²) < 4.78 is 8.42. The maximum atomic E-state index is 10.3. The van der Waals surface area contributed by atoms with E-state index in [0.717, 1.165) is 46.1 Å². The van der Waals surface area contributed by atoms with E-state index in [1.807, 2.05) is 60.7 Å². The number of hydrogen-bond acceptors (Lipinski definition) is 6. The SMILES string of the molecule is COC(=O)C=CC(=O)OC.[Pd].c1ccc(N=C2C(=Nc3ccccc3)c3cccc4cccc2c34)cc1. The third-order valence-corrected chi connectivity index (χ3v) is 5.39. The summed E-state index contributed by atoms with van der Waals surface area (Å²) in [6.07, 6.45) is 1.98. The van der Waals surface area contributed by atoms with Crippen molar-refractivity contribution in [2.75, 3.05) is 14.2 Å². The van der Waals surface area contributed by atoms with E-state index in [-0.39, 0.29) is 20.4 Å². The van der Waals surface area contributed by atoms with E-state index in [4.69, 9.17) is 9.98 Å². The fourth-order valence-electron chi connectivity index (χ4n) is 3.75. The Balaban J connectivity index is 0.000000298. The van der Waals surface area contributed by atoms with E-state index >= 15 is 0 Å². The molecule has 0 N–H and O–H groups in total. The van der Waals surface area contributed by atoms with Crippen molar-refractivity contribution in [2.24, 2.45) is 9.98 Å². The molecule has 0 atom stereocenters. The van der Waals surface area contributed by atoms with Gasteiger partial charge in [-0.15, -0.1) is 0 Å². The van der Waals surface area contributed by atoms with Crippen molar-refractivity contribution in [3.63, 3.8) is 0 Å². The second-order valence-corrected chi connectivity index (χ2v) is 7.68. The first kappa shape index (κ1) is 27.4. The zero-order chi connectivity index (χ0) is 25.3. The van der Waals surface area contributed by atoms with Crippen molar-refractivity contribution >= 4 is 45.5 Å². The second-order valence-electron chi connectivity index (χ2n) is 7.68.